The molecule has 4 rings (SSSR count). The van der Waals surface area contributed by atoms with E-state index in [4.69, 9.17) is 4.74 Å². The summed E-state index contributed by atoms with van der Waals surface area (Å²) in [5.41, 5.74) is 4.08. The van der Waals surface area contributed by atoms with Crippen molar-refractivity contribution >= 4 is 27.5 Å². The molecular weight excluding hydrogens is 598 g/mol. The Labute approximate surface area is 273 Å². The summed E-state index contributed by atoms with van der Waals surface area (Å²) in [5.74, 6) is -0.263. The van der Waals surface area contributed by atoms with Crippen molar-refractivity contribution in [1.82, 2.24) is 10.2 Å². The lowest BCUT2D eigenvalue weighted by molar-refractivity contribution is -0.140. The van der Waals surface area contributed by atoms with Crippen LogP contribution < -0.4 is 14.4 Å². The number of anilines is 1. The Bertz CT molecular complexity index is 1670. The molecule has 1 N–H and O–H groups in total. The molecule has 4 aromatic carbocycles. The molecule has 0 aliphatic rings. The van der Waals surface area contributed by atoms with Crippen LogP contribution in [0.15, 0.2) is 108 Å². The SMILES string of the molecule is CCCCNC(=O)[C@@H](Cc1ccccc1)N(Cc1ccc(C)cc1)C(=O)CN(c1ccc(C)cc1)S(=O)(=O)c1ccc(OC)cc1. The predicted molar refractivity (Wildman–Crippen MR) is 182 cm³/mol. The van der Waals surface area contributed by atoms with E-state index >= 15 is 0 Å². The Morgan fingerprint density at radius 1 is 0.804 bits per heavy atom. The minimum Gasteiger partial charge on any atom is -0.497 e. The molecule has 4 aromatic rings. The first-order valence-corrected chi connectivity index (χ1v) is 17.0. The molecule has 0 unspecified atom stereocenters. The number of nitrogens with zero attached hydrogens (tertiary/aromatic N) is 2. The first-order chi connectivity index (χ1) is 22.1. The van der Waals surface area contributed by atoms with Crippen molar-refractivity contribution in [3.8, 4) is 5.75 Å². The van der Waals surface area contributed by atoms with Crippen LogP contribution >= 0.6 is 0 Å². The van der Waals surface area contributed by atoms with E-state index in [1.165, 1.54) is 24.1 Å². The van der Waals surface area contributed by atoms with Crippen LogP contribution in [0.25, 0.3) is 0 Å². The summed E-state index contributed by atoms with van der Waals surface area (Å²) in [4.78, 5) is 29.9. The second kappa shape index (κ2) is 16.1. The molecule has 8 nitrogen and oxygen atoms in total. The van der Waals surface area contributed by atoms with E-state index in [1.807, 2.05) is 75.4 Å². The maximum Gasteiger partial charge on any atom is 0.264 e. The van der Waals surface area contributed by atoms with Gasteiger partial charge in [0.25, 0.3) is 10.0 Å². The van der Waals surface area contributed by atoms with Gasteiger partial charge in [0, 0.05) is 19.5 Å². The first-order valence-electron chi connectivity index (χ1n) is 15.5. The van der Waals surface area contributed by atoms with Gasteiger partial charge in [-0.2, -0.15) is 0 Å². The van der Waals surface area contributed by atoms with Crippen molar-refractivity contribution in [3.05, 3.63) is 125 Å². The third-order valence-corrected chi connectivity index (χ3v) is 9.61. The minimum absolute atomic E-state index is 0.0184. The van der Waals surface area contributed by atoms with Crippen LogP contribution in [-0.4, -0.2) is 51.4 Å². The number of methoxy groups -OCH3 is 1. The van der Waals surface area contributed by atoms with E-state index in [-0.39, 0.29) is 23.8 Å². The van der Waals surface area contributed by atoms with Crippen molar-refractivity contribution in [2.75, 3.05) is 24.5 Å². The molecular formula is C37H43N3O5S. The Hall–Kier alpha value is -4.63. The molecule has 0 radical (unpaired) electrons. The number of ether oxygens (including phenoxy) is 1. The van der Waals surface area contributed by atoms with Crippen molar-refractivity contribution < 1.29 is 22.7 Å². The summed E-state index contributed by atoms with van der Waals surface area (Å²) in [7, 11) is -2.68. The van der Waals surface area contributed by atoms with Gasteiger partial charge in [-0.3, -0.25) is 13.9 Å². The summed E-state index contributed by atoms with van der Waals surface area (Å²) < 4.78 is 34.7. The smallest absolute Gasteiger partial charge is 0.264 e. The summed E-state index contributed by atoms with van der Waals surface area (Å²) in [6.07, 6.45) is 1.98. The van der Waals surface area contributed by atoms with Crippen LogP contribution in [0.1, 0.15) is 42.0 Å². The van der Waals surface area contributed by atoms with Gasteiger partial charge in [0.2, 0.25) is 11.8 Å². The maximum atomic E-state index is 14.5. The fourth-order valence-corrected chi connectivity index (χ4v) is 6.48. The number of hydrogen-bond donors (Lipinski definition) is 1. The van der Waals surface area contributed by atoms with E-state index in [1.54, 1.807) is 36.4 Å². The number of unbranched alkanes of at least 4 members (excludes halogenated alkanes) is 1. The van der Waals surface area contributed by atoms with E-state index in [0.717, 1.165) is 39.4 Å². The van der Waals surface area contributed by atoms with E-state index in [9.17, 15) is 18.0 Å². The molecule has 242 valence electrons. The molecule has 1 atom stereocenters. The second-order valence-electron chi connectivity index (χ2n) is 11.4. The van der Waals surface area contributed by atoms with Crippen molar-refractivity contribution in [2.24, 2.45) is 0 Å². The second-order valence-corrected chi connectivity index (χ2v) is 13.2. The number of carbonyl (C=O) groups excluding carboxylic acids is 2. The number of amides is 2. The monoisotopic (exact) mass is 641 g/mol. The standard InChI is InChI=1S/C37H43N3O5S/c1-5-6-24-38-37(42)35(25-30-10-8-7-9-11-30)39(26-31-16-12-28(2)13-17-31)36(41)27-40(32-18-14-29(3)15-19-32)46(43,44)34-22-20-33(45-4)21-23-34/h7-23,35H,5-6,24-27H2,1-4H3,(H,38,42)/t35-/m1/s1. The van der Waals surface area contributed by atoms with Crippen LogP contribution in [0.2, 0.25) is 0 Å². The first kappa shape index (κ1) is 34.2. The number of rotatable bonds is 15. The summed E-state index contributed by atoms with van der Waals surface area (Å²) in [6, 6.07) is 29.5. The predicted octanol–water partition coefficient (Wildman–Crippen LogP) is 6.06. The van der Waals surface area contributed by atoms with Gasteiger partial charge < -0.3 is 15.0 Å². The highest BCUT2D eigenvalue weighted by molar-refractivity contribution is 7.92. The quantitative estimate of drug-likeness (QED) is 0.159. The zero-order valence-electron chi connectivity index (χ0n) is 27.0. The molecule has 0 bridgehead atoms. The molecule has 9 heteroatoms. The van der Waals surface area contributed by atoms with Crippen LogP contribution in [0, 0.1) is 13.8 Å². The molecule has 46 heavy (non-hydrogen) atoms. The van der Waals surface area contributed by atoms with Gasteiger partial charge in [0.05, 0.1) is 17.7 Å². The number of benzene rings is 4. The zero-order valence-corrected chi connectivity index (χ0v) is 27.8. The van der Waals surface area contributed by atoms with E-state index < -0.39 is 28.5 Å². The van der Waals surface area contributed by atoms with Crippen LogP contribution in [0.4, 0.5) is 5.69 Å². The molecule has 0 aliphatic carbocycles. The normalized spacial score (nSPS) is 11.8. The maximum absolute atomic E-state index is 14.5. The average Bonchev–Trinajstić information content (AvgIpc) is 3.07. The molecule has 2 amide bonds. The molecule has 0 heterocycles. The van der Waals surface area contributed by atoms with Gasteiger partial charge in [0.1, 0.15) is 18.3 Å². The fraction of sp³-hybridized carbons (Fsp3) is 0.297. The van der Waals surface area contributed by atoms with E-state index in [0.29, 0.717) is 18.0 Å². The third-order valence-electron chi connectivity index (χ3n) is 7.82. The van der Waals surface area contributed by atoms with Crippen molar-refractivity contribution in [2.45, 2.75) is 57.5 Å². The van der Waals surface area contributed by atoms with Gasteiger partial charge in [-0.05, 0) is 67.8 Å². The number of aryl methyl sites for hydroxylation is 2. The van der Waals surface area contributed by atoms with Crippen molar-refractivity contribution in [3.63, 3.8) is 0 Å². The van der Waals surface area contributed by atoms with Gasteiger partial charge in [-0.15, -0.1) is 0 Å². The molecule has 0 aromatic heterocycles. The summed E-state index contributed by atoms with van der Waals surface area (Å²) >= 11 is 0. The highest BCUT2D eigenvalue weighted by atomic mass is 32.2. The number of sulfonamides is 1. The molecule has 0 saturated carbocycles. The Balaban J connectivity index is 1.78. The largest absolute Gasteiger partial charge is 0.497 e. The highest BCUT2D eigenvalue weighted by Gasteiger charge is 2.34. The Morgan fingerprint density at radius 3 is 2.00 bits per heavy atom. The minimum atomic E-state index is -4.19. The number of hydrogen-bond acceptors (Lipinski definition) is 5. The van der Waals surface area contributed by atoms with Crippen molar-refractivity contribution in [1.29, 1.82) is 0 Å². The number of nitrogens with one attached hydrogen (secondary N) is 1. The van der Waals surface area contributed by atoms with Gasteiger partial charge in [-0.25, -0.2) is 8.42 Å². The molecule has 0 fully saturated rings. The third kappa shape index (κ3) is 8.97. The molecule has 0 spiro atoms. The highest BCUT2D eigenvalue weighted by Crippen LogP contribution is 2.27. The fourth-order valence-electron chi connectivity index (χ4n) is 5.07. The lowest BCUT2D eigenvalue weighted by Crippen LogP contribution is -2.53. The van der Waals surface area contributed by atoms with E-state index in [2.05, 4.69) is 5.32 Å². The molecule has 0 saturated heterocycles. The van der Waals surface area contributed by atoms with Crippen LogP contribution in [-0.2, 0) is 32.6 Å². The van der Waals surface area contributed by atoms with Crippen LogP contribution in [0.3, 0.4) is 0 Å². The summed E-state index contributed by atoms with van der Waals surface area (Å²) in [5, 5.41) is 3.02. The Morgan fingerprint density at radius 2 is 1.41 bits per heavy atom. The van der Waals surface area contributed by atoms with Gasteiger partial charge in [-0.1, -0.05) is 91.2 Å². The topological polar surface area (TPSA) is 96.0 Å². The summed E-state index contributed by atoms with van der Waals surface area (Å²) in [6.45, 7) is 6.04. The van der Waals surface area contributed by atoms with Gasteiger partial charge >= 0.3 is 0 Å². The van der Waals surface area contributed by atoms with Crippen LogP contribution in [0.5, 0.6) is 5.75 Å². The lowest BCUT2D eigenvalue weighted by atomic mass is 10.0. The Kier molecular flexibility index (Phi) is 12.0. The number of carbonyl (C=O) groups is 2. The molecule has 0 aliphatic heterocycles. The zero-order chi connectivity index (χ0) is 33.1. The van der Waals surface area contributed by atoms with Gasteiger partial charge in [0.15, 0.2) is 0 Å². The lowest BCUT2D eigenvalue weighted by Gasteiger charge is -2.34. The average molecular weight is 642 g/mol.